The van der Waals surface area contributed by atoms with E-state index in [1.54, 1.807) is 12.1 Å². The molecule has 33 heavy (non-hydrogen) atoms. The van der Waals surface area contributed by atoms with Gasteiger partial charge in [-0.3, -0.25) is 29.4 Å². The molecular weight excluding hydrogens is 464 g/mol. The highest BCUT2D eigenvalue weighted by Gasteiger charge is 2.36. The number of rotatable bonds is 9. The van der Waals surface area contributed by atoms with Gasteiger partial charge in [-0.1, -0.05) is 48.9 Å². The van der Waals surface area contributed by atoms with Gasteiger partial charge in [0.2, 0.25) is 0 Å². The van der Waals surface area contributed by atoms with Gasteiger partial charge in [-0.2, -0.15) is 0 Å². The number of amides is 2. The smallest absolute Gasteiger partial charge is 0.326 e. The van der Waals surface area contributed by atoms with Crippen LogP contribution in [-0.4, -0.2) is 40.1 Å². The van der Waals surface area contributed by atoms with Gasteiger partial charge in [0.05, 0.1) is 21.3 Å². The second kappa shape index (κ2) is 11.2. The van der Waals surface area contributed by atoms with Crippen LogP contribution >= 0.6 is 23.5 Å². The van der Waals surface area contributed by atoms with Crippen molar-refractivity contribution in [3.8, 4) is 0 Å². The van der Waals surface area contributed by atoms with Gasteiger partial charge in [0.15, 0.2) is 0 Å². The van der Waals surface area contributed by atoms with Gasteiger partial charge in [0.25, 0.3) is 16.8 Å². The molecule has 0 radical (unpaired) electrons. The SMILES string of the molecule is CCCCOC(=O)CN1C(=O)SC(=Cc2ccc(Sc3ccc(C)cc3)c([N+](=O)[O-])c2)C1=O. The fourth-order valence-corrected chi connectivity index (χ4v) is 4.62. The molecule has 2 amide bonds. The zero-order valence-electron chi connectivity index (χ0n) is 18.1. The molecule has 8 nitrogen and oxygen atoms in total. The first-order valence-electron chi connectivity index (χ1n) is 10.2. The van der Waals surface area contributed by atoms with Crippen molar-refractivity contribution in [2.24, 2.45) is 0 Å². The highest BCUT2D eigenvalue weighted by Crippen LogP contribution is 2.37. The number of hydrogen-bond acceptors (Lipinski definition) is 8. The van der Waals surface area contributed by atoms with Gasteiger partial charge in [-0.05, 0) is 54.9 Å². The van der Waals surface area contributed by atoms with Gasteiger partial charge in [0, 0.05) is 11.0 Å². The Hall–Kier alpha value is -3.11. The van der Waals surface area contributed by atoms with Crippen molar-refractivity contribution in [3.05, 3.63) is 68.6 Å². The lowest BCUT2D eigenvalue weighted by Gasteiger charge is -2.11. The summed E-state index contributed by atoms with van der Waals surface area (Å²) in [6.45, 7) is 3.69. The van der Waals surface area contributed by atoms with E-state index in [1.807, 2.05) is 38.1 Å². The van der Waals surface area contributed by atoms with E-state index in [2.05, 4.69) is 0 Å². The van der Waals surface area contributed by atoms with Crippen LogP contribution in [0.3, 0.4) is 0 Å². The number of nitro benzene ring substituents is 1. The quantitative estimate of drug-likeness (QED) is 0.152. The Morgan fingerprint density at radius 3 is 2.61 bits per heavy atom. The van der Waals surface area contributed by atoms with Crippen LogP contribution < -0.4 is 0 Å². The van der Waals surface area contributed by atoms with Crippen molar-refractivity contribution in [1.29, 1.82) is 0 Å². The van der Waals surface area contributed by atoms with Crippen molar-refractivity contribution in [3.63, 3.8) is 0 Å². The summed E-state index contributed by atoms with van der Waals surface area (Å²) in [6.07, 6.45) is 2.97. The molecule has 1 aliphatic heterocycles. The minimum absolute atomic E-state index is 0.0922. The number of carbonyl (C=O) groups is 3. The zero-order chi connectivity index (χ0) is 24.0. The molecule has 1 fully saturated rings. The predicted octanol–water partition coefficient (Wildman–Crippen LogP) is 5.43. The van der Waals surface area contributed by atoms with Crippen LogP contribution in [0.25, 0.3) is 6.08 Å². The number of hydrogen-bond donors (Lipinski definition) is 0. The van der Waals surface area contributed by atoms with E-state index >= 15 is 0 Å². The Morgan fingerprint density at radius 2 is 1.94 bits per heavy atom. The van der Waals surface area contributed by atoms with Gasteiger partial charge in [0.1, 0.15) is 6.54 Å². The number of carbonyl (C=O) groups excluding carboxylic acids is 3. The molecule has 1 heterocycles. The van der Waals surface area contributed by atoms with E-state index in [1.165, 1.54) is 23.9 Å². The lowest BCUT2D eigenvalue weighted by molar-refractivity contribution is -0.387. The van der Waals surface area contributed by atoms with E-state index in [4.69, 9.17) is 4.74 Å². The van der Waals surface area contributed by atoms with Crippen molar-refractivity contribution in [2.75, 3.05) is 13.2 Å². The number of imide groups is 1. The number of nitro groups is 1. The monoisotopic (exact) mass is 486 g/mol. The molecule has 10 heteroatoms. The highest BCUT2D eigenvalue weighted by atomic mass is 32.2. The fourth-order valence-electron chi connectivity index (χ4n) is 2.88. The first-order valence-corrected chi connectivity index (χ1v) is 11.9. The molecule has 1 aliphatic rings. The molecule has 0 bridgehead atoms. The Balaban J connectivity index is 1.77. The first-order chi connectivity index (χ1) is 15.8. The number of ether oxygens (including phenoxy) is 1. The maximum Gasteiger partial charge on any atom is 0.326 e. The highest BCUT2D eigenvalue weighted by molar-refractivity contribution is 8.18. The molecule has 2 aromatic rings. The first kappa shape index (κ1) is 24.5. The average Bonchev–Trinajstić information content (AvgIpc) is 3.03. The zero-order valence-corrected chi connectivity index (χ0v) is 19.7. The summed E-state index contributed by atoms with van der Waals surface area (Å²) < 4.78 is 5.01. The molecule has 1 saturated heterocycles. The van der Waals surface area contributed by atoms with Crippen LogP contribution in [0.4, 0.5) is 10.5 Å². The Morgan fingerprint density at radius 1 is 1.21 bits per heavy atom. The summed E-state index contributed by atoms with van der Waals surface area (Å²) >= 11 is 1.96. The Bertz CT molecular complexity index is 1110. The second-order valence-electron chi connectivity index (χ2n) is 7.24. The van der Waals surface area contributed by atoms with Crippen molar-refractivity contribution < 1.29 is 24.0 Å². The molecule has 0 N–H and O–H groups in total. The molecule has 0 aliphatic carbocycles. The Kier molecular flexibility index (Phi) is 8.29. The predicted molar refractivity (Wildman–Crippen MR) is 127 cm³/mol. The van der Waals surface area contributed by atoms with Gasteiger partial charge < -0.3 is 4.74 Å². The number of unbranched alkanes of at least 4 members (excludes halogenated alkanes) is 1. The molecule has 0 atom stereocenters. The lowest BCUT2D eigenvalue weighted by Crippen LogP contribution is -2.34. The lowest BCUT2D eigenvalue weighted by atomic mass is 10.2. The van der Waals surface area contributed by atoms with E-state index in [0.717, 1.165) is 21.8 Å². The number of aryl methyl sites for hydroxylation is 1. The minimum atomic E-state index is -0.653. The van der Waals surface area contributed by atoms with E-state index in [9.17, 15) is 24.5 Å². The number of nitrogens with zero attached hydrogens (tertiary/aromatic N) is 2. The van der Waals surface area contributed by atoms with E-state index in [-0.39, 0.29) is 17.2 Å². The molecule has 0 saturated carbocycles. The van der Waals surface area contributed by atoms with Gasteiger partial charge in [-0.15, -0.1) is 0 Å². The van der Waals surface area contributed by atoms with Crippen LogP contribution in [0, 0.1) is 17.0 Å². The van der Waals surface area contributed by atoms with Crippen molar-refractivity contribution in [2.45, 2.75) is 36.5 Å². The molecule has 172 valence electrons. The maximum atomic E-state index is 12.6. The van der Waals surface area contributed by atoms with E-state index < -0.39 is 28.6 Å². The minimum Gasteiger partial charge on any atom is -0.464 e. The van der Waals surface area contributed by atoms with Crippen LogP contribution in [-0.2, 0) is 14.3 Å². The molecule has 0 spiro atoms. The summed E-state index contributed by atoms with van der Waals surface area (Å²) in [7, 11) is 0. The third-order valence-corrected chi connectivity index (χ3v) is 6.63. The standard InChI is InChI=1S/C23H22N2O6S2/c1-3-4-11-31-21(26)14-24-22(27)20(33-23(24)28)13-16-7-10-19(18(12-16)25(29)30)32-17-8-5-15(2)6-9-17/h5-10,12-13H,3-4,11,14H2,1-2H3. The topological polar surface area (TPSA) is 107 Å². The number of thioether (sulfide) groups is 1. The maximum absolute atomic E-state index is 12.6. The molecule has 3 rings (SSSR count). The van der Waals surface area contributed by atoms with Crippen LogP contribution in [0.15, 0.2) is 57.2 Å². The number of benzene rings is 2. The van der Waals surface area contributed by atoms with Crippen LogP contribution in [0.5, 0.6) is 0 Å². The average molecular weight is 487 g/mol. The normalized spacial score (nSPS) is 14.7. The summed E-state index contributed by atoms with van der Waals surface area (Å²) in [6, 6.07) is 12.3. The van der Waals surface area contributed by atoms with Crippen molar-refractivity contribution >= 4 is 52.4 Å². The van der Waals surface area contributed by atoms with Crippen molar-refractivity contribution in [1.82, 2.24) is 4.90 Å². The molecular formula is C23H22N2O6S2. The van der Waals surface area contributed by atoms with Gasteiger partial charge >= 0.3 is 5.97 Å². The second-order valence-corrected chi connectivity index (χ2v) is 9.35. The summed E-state index contributed by atoms with van der Waals surface area (Å²) in [5, 5.41) is 11.1. The molecule has 2 aromatic carbocycles. The third-order valence-electron chi connectivity index (χ3n) is 4.65. The summed E-state index contributed by atoms with van der Waals surface area (Å²) in [5.41, 5.74) is 1.39. The fraction of sp³-hybridized carbons (Fsp3) is 0.261. The van der Waals surface area contributed by atoms with E-state index in [0.29, 0.717) is 28.6 Å². The largest absolute Gasteiger partial charge is 0.464 e. The van der Waals surface area contributed by atoms with Gasteiger partial charge in [-0.25, -0.2) is 0 Å². The summed E-state index contributed by atoms with van der Waals surface area (Å²) in [5.74, 6) is -1.28. The van der Waals surface area contributed by atoms with Crippen LogP contribution in [0.1, 0.15) is 30.9 Å². The molecule has 0 unspecified atom stereocenters. The Labute approximate surface area is 199 Å². The third kappa shape index (κ3) is 6.45. The summed E-state index contributed by atoms with van der Waals surface area (Å²) in [4.78, 5) is 50.1. The van der Waals surface area contributed by atoms with Crippen LogP contribution in [0.2, 0.25) is 0 Å². The number of esters is 1. The molecule has 0 aromatic heterocycles.